The molecule has 5 aliphatic carbocycles. The van der Waals surface area contributed by atoms with Crippen LogP contribution in [-0.4, -0.2) is 34.1 Å². The number of aliphatic hydroxyl groups excluding tert-OH is 3. The quantitative estimate of drug-likeness (QED) is 0.423. The predicted molar refractivity (Wildman–Crippen MR) is 138 cm³/mol. The lowest BCUT2D eigenvalue weighted by Gasteiger charge is -2.63. The molecule has 0 aromatic carbocycles. The Bertz CT molecular complexity index is 889. The molecule has 0 bridgehead atoms. The molecule has 192 valence electrons. The Morgan fingerprint density at radius 3 is 2.15 bits per heavy atom. The molecule has 4 saturated carbocycles. The molecular formula is C31H50O3. The molecule has 0 unspecified atom stereocenters. The van der Waals surface area contributed by atoms with Crippen LogP contribution >= 0.6 is 0 Å². The highest BCUT2D eigenvalue weighted by atomic mass is 16.3. The van der Waals surface area contributed by atoms with Crippen LogP contribution in [0.2, 0.25) is 0 Å². The highest BCUT2D eigenvalue weighted by Gasteiger charge is 2.64. The molecule has 0 saturated heterocycles. The Morgan fingerprint density at radius 2 is 1.47 bits per heavy atom. The molecule has 0 aliphatic heterocycles. The van der Waals surface area contributed by atoms with Gasteiger partial charge in [-0.25, -0.2) is 0 Å². The molecule has 3 nitrogen and oxygen atoms in total. The summed E-state index contributed by atoms with van der Waals surface area (Å²) >= 11 is 0. The minimum absolute atomic E-state index is 0.0134. The SMILES string of the molecule is C=C1C=C2C[C@]3(C)CC[C@H]4C(C)(C)[C@@H](O)CC[C@]4(C)[C@H]3CC[C@@H]2[C@@]2(C)CC[C@@H](O)[C@](C)(CO)[C@H]12. The van der Waals surface area contributed by atoms with Gasteiger partial charge < -0.3 is 15.3 Å². The van der Waals surface area contributed by atoms with Crippen LogP contribution in [0.3, 0.4) is 0 Å². The van der Waals surface area contributed by atoms with Crippen molar-refractivity contribution in [3.05, 3.63) is 23.8 Å². The van der Waals surface area contributed by atoms with Crippen molar-refractivity contribution >= 4 is 0 Å². The van der Waals surface area contributed by atoms with Gasteiger partial charge in [0, 0.05) is 5.41 Å². The van der Waals surface area contributed by atoms with Gasteiger partial charge in [-0.05, 0) is 103 Å². The second-order valence-corrected chi connectivity index (χ2v) is 14.9. The summed E-state index contributed by atoms with van der Waals surface area (Å²) in [5, 5.41) is 32.3. The fourth-order valence-corrected chi connectivity index (χ4v) is 11.2. The van der Waals surface area contributed by atoms with Crippen molar-refractivity contribution in [1.29, 1.82) is 0 Å². The summed E-state index contributed by atoms with van der Waals surface area (Å²) in [4.78, 5) is 0. The number of allylic oxidation sites excluding steroid dienone is 3. The topological polar surface area (TPSA) is 60.7 Å². The first-order valence-corrected chi connectivity index (χ1v) is 14.1. The Labute approximate surface area is 208 Å². The lowest BCUT2D eigenvalue weighted by molar-refractivity contribution is -0.170. The molecule has 5 aliphatic rings. The van der Waals surface area contributed by atoms with Crippen LogP contribution in [0.4, 0.5) is 0 Å². The van der Waals surface area contributed by atoms with Gasteiger partial charge in [0.15, 0.2) is 0 Å². The molecular weight excluding hydrogens is 420 g/mol. The molecule has 34 heavy (non-hydrogen) atoms. The lowest BCUT2D eigenvalue weighted by Crippen LogP contribution is -2.58. The maximum Gasteiger partial charge on any atom is 0.0622 e. The maximum absolute atomic E-state index is 11.0. The van der Waals surface area contributed by atoms with Gasteiger partial charge in [0.1, 0.15) is 0 Å². The highest BCUT2D eigenvalue weighted by molar-refractivity contribution is 5.38. The molecule has 0 aromatic heterocycles. The first-order valence-electron chi connectivity index (χ1n) is 14.1. The van der Waals surface area contributed by atoms with E-state index < -0.39 is 11.5 Å². The lowest BCUT2D eigenvalue weighted by atomic mass is 9.42. The molecule has 0 radical (unpaired) electrons. The van der Waals surface area contributed by atoms with E-state index in [1.807, 2.05) is 0 Å². The monoisotopic (exact) mass is 470 g/mol. The van der Waals surface area contributed by atoms with E-state index in [0.717, 1.165) is 37.7 Å². The van der Waals surface area contributed by atoms with E-state index in [1.54, 1.807) is 5.57 Å². The van der Waals surface area contributed by atoms with E-state index in [2.05, 4.69) is 54.2 Å². The first-order chi connectivity index (χ1) is 15.7. The number of fused-ring (bicyclic) bond motifs is 6. The van der Waals surface area contributed by atoms with E-state index >= 15 is 0 Å². The summed E-state index contributed by atoms with van der Waals surface area (Å²) in [6.07, 6.45) is 11.7. The fourth-order valence-electron chi connectivity index (χ4n) is 11.2. The van der Waals surface area contributed by atoms with Crippen molar-refractivity contribution in [2.75, 3.05) is 6.61 Å². The zero-order chi connectivity index (χ0) is 24.9. The Hall–Kier alpha value is -0.640. The number of hydrogen-bond acceptors (Lipinski definition) is 3. The summed E-state index contributed by atoms with van der Waals surface area (Å²) < 4.78 is 0. The van der Waals surface area contributed by atoms with Crippen LogP contribution < -0.4 is 0 Å². The van der Waals surface area contributed by atoms with Crippen LogP contribution in [0.5, 0.6) is 0 Å². The van der Waals surface area contributed by atoms with Gasteiger partial charge in [0.05, 0.1) is 18.8 Å². The van der Waals surface area contributed by atoms with E-state index in [9.17, 15) is 15.3 Å². The molecule has 5 rings (SSSR count). The summed E-state index contributed by atoms with van der Waals surface area (Å²) in [6.45, 7) is 18.9. The van der Waals surface area contributed by atoms with Crippen molar-refractivity contribution < 1.29 is 15.3 Å². The maximum atomic E-state index is 11.0. The zero-order valence-electron chi connectivity index (χ0n) is 22.7. The van der Waals surface area contributed by atoms with Gasteiger partial charge in [0.25, 0.3) is 0 Å². The van der Waals surface area contributed by atoms with E-state index in [-0.39, 0.29) is 34.9 Å². The normalized spacial score (nSPS) is 54.6. The van der Waals surface area contributed by atoms with Gasteiger partial charge in [-0.15, -0.1) is 0 Å². The smallest absolute Gasteiger partial charge is 0.0622 e. The van der Waals surface area contributed by atoms with Crippen LogP contribution in [0.15, 0.2) is 23.8 Å². The molecule has 4 fully saturated rings. The van der Waals surface area contributed by atoms with Gasteiger partial charge in [-0.1, -0.05) is 65.3 Å². The number of hydrogen-bond donors (Lipinski definition) is 3. The molecule has 0 heterocycles. The fraction of sp³-hybridized carbons (Fsp3) is 0.871. The third-order valence-corrected chi connectivity index (χ3v) is 12.9. The molecule has 0 spiro atoms. The van der Waals surface area contributed by atoms with Crippen LogP contribution in [0, 0.1) is 50.7 Å². The van der Waals surface area contributed by atoms with Crippen molar-refractivity contribution in [2.24, 2.45) is 50.7 Å². The third-order valence-electron chi connectivity index (χ3n) is 12.9. The van der Waals surface area contributed by atoms with Crippen molar-refractivity contribution in [3.8, 4) is 0 Å². The van der Waals surface area contributed by atoms with Crippen LogP contribution in [0.25, 0.3) is 0 Å². The van der Waals surface area contributed by atoms with Crippen molar-refractivity contribution in [3.63, 3.8) is 0 Å². The minimum atomic E-state index is -0.518. The molecule has 0 aromatic rings. The highest BCUT2D eigenvalue weighted by Crippen LogP contribution is 2.70. The summed E-state index contributed by atoms with van der Waals surface area (Å²) in [5.41, 5.74) is 2.82. The number of aliphatic hydroxyl groups is 3. The predicted octanol–water partition coefficient (Wildman–Crippen LogP) is 6.28. The summed E-state index contributed by atoms with van der Waals surface area (Å²) in [7, 11) is 0. The molecule has 10 atom stereocenters. The number of rotatable bonds is 1. The summed E-state index contributed by atoms with van der Waals surface area (Å²) in [5.74, 6) is 1.89. The van der Waals surface area contributed by atoms with Gasteiger partial charge >= 0.3 is 0 Å². The van der Waals surface area contributed by atoms with Gasteiger partial charge in [-0.2, -0.15) is 0 Å². The minimum Gasteiger partial charge on any atom is -0.396 e. The largest absolute Gasteiger partial charge is 0.396 e. The summed E-state index contributed by atoms with van der Waals surface area (Å²) in [6, 6.07) is 0. The van der Waals surface area contributed by atoms with Crippen molar-refractivity contribution in [2.45, 2.75) is 112 Å². The second kappa shape index (κ2) is 7.68. The standard InChI is InChI=1S/C31H50O3/c1-19-16-20-17-28(4)13-10-22-27(2,3)24(33)11-15-30(22,6)23(28)9-8-21(20)29(5)14-12-25(34)31(7,18-32)26(19)29/h16,21-26,32-34H,1,8-15,17-18H2,2-7H3/t21-,22-,23-,24-,25+,26+,28-,29+,30-,31-/m0/s1. The van der Waals surface area contributed by atoms with E-state index in [0.29, 0.717) is 23.2 Å². The first kappa shape index (κ1) is 25.0. The third kappa shape index (κ3) is 3.11. The van der Waals surface area contributed by atoms with Gasteiger partial charge in [-0.3, -0.25) is 0 Å². The molecule has 3 heteroatoms. The zero-order valence-corrected chi connectivity index (χ0v) is 22.7. The Kier molecular flexibility index (Phi) is 5.66. The van der Waals surface area contributed by atoms with E-state index in [4.69, 9.17) is 0 Å². The molecule has 3 N–H and O–H groups in total. The second-order valence-electron chi connectivity index (χ2n) is 14.9. The van der Waals surface area contributed by atoms with Crippen molar-refractivity contribution in [1.82, 2.24) is 0 Å². The Morgan fingerprint density at radius 1 is 0.824 bits per heavy atom. The van der Waals surface area contributed by atoms with E-state index in [1.165, 1.54) is 25.7 Å². The molecule has 0 amide bonds. The average Bonchev–Trinajstić information content (AvgIpc) is 2.91. The van der Waals surface area contributed by atoms with Crippen LogP contribution in [0.1, 0.15) is 99.3 Å². The van der Waals surface area contributed by atoms with Crippen LogP contribution in [-0.2, 0) is 0 Å². The van der Waals surface area contributed by atoms with Gasteiger partial charge in [0.2, 0.25) is 0 Å². The Balaban J connectivity index is 1.54. The average molecular weight is 471 g/mol.